The highest BCUT2D eigenvalue weighted by molar-refractivity contribution is 5.86. The normalized spacial score (nSPS) is 22.5. The highest BCUT2D eigenvalue weighted by Crippen LogP contribution is 2.35. The maximum atomic E-state index is 13.3. The molecule has 1 unspecified atom stereocenters. The van der Waals surface area contributed by atoms with Crippen molar-refractivity contribution in [1.29, 1.82) is 0 Å². The monoisotopic (exact) mass is 428 g/mol. The number of amides is 1. The van der Waals surface area contributed by atoms with Crippen LogP contribution in [0.3, 0.4) is 0 Å². The number of ether oxygens (including phenoxy) is 1. The first-order valence-corrected chi connectivity index (χ1v) is 11.5. The number of hydrogen-bond acceptors (Lipinski definition) is 4. The fourth-order valence-electron chi connectivity index (χ4n) is 4.85. The Balaban J connectivity index is 1.42. The molecule has 0 spiro atoms. The van der Waals surface area contributed by atoms with E-state index in [2.05, 4.69) is 10.5 Å². The number of aromatic nitrogens is 1. The summed E-state index contributed by atoms with van der Waals surface area (Å²) in [5.41, 5.74) is 0.745. The van der Waals surface area contributed by atoms with Crippen molar-refractivity contribution in [3.63, 3.8) is 0 Å². The van der Waals surface area contributed by atoms with Crippen LogP contribution in [0.5, 0.6) is 0 Å². The Kier molecular flexibility index (Phi) is 6.47. The van der Waals surface area contributed by atoms with Gasteiger partial charge in [-0.1, -0.05) is 50.4 Å². The zero-order valence-corrected chi connectivity index (χ0v) is 18.6. The third-order valence-electron chi connectivity index (χ3n) is 6.89. The van der Waals surface area contributed by atoms with Crippen LogP contribution < -0.4 is 5.32 Å². The molecule has 5 nitrogen and oxygen atoms in total. The highest BCUT2D eigenvalue weighted by atomic mass is 19.1. The molecule has 6 heteroatoms. The van der Waals surface area contributed by atoms with Gasteiger partial charge in [-0.15, -0.1) is 0 Å². The summed E-state index contributed by atoms with van der Waals surface area (Å²) < 4.78 is 24.9. The lowest BCUT2D eigenvalue weighted by Gasteiger charge is -2.30. The Morgan fingerprint density at radius 2 is 1.94 bits per heavy atom. The standard InChI is InChI=1S/C25H33FN2O3/c1-24(2,19-9-11-20(26)12-10-19)17-27-23(29)25(13-6-14-30-25)16-21-15-22(28-31-21)18-7-4-3-5-8-18/h9-12,15,18H,3-8,13-14,16-17H2,1-2H3,(H,27,29). The fraction of sp³-hybridized carbons (Fsp3) is 0.600. The third kappa shape index (κ3) is 5.00. The van der Waals surface area contributed by atoms with Crippen LogP contribution in [0.25, 0.3) is 0 Å². The number of carbonyl (C=O) groups is 1. The van der Waals surface area contributed by atoms with Crippen LogP contribution in [0, 0.1) is 5.82 Å². The average molecular weight is 429 g/mol. The van der Waals surface area contributed by atoms with Gasteiger partial charge < -0.3 is 14.6 Å². The quantitative estimate of drug-likeness (QED) is 0.670. The second-order valence-corrected chi connectivity index (χ2v) is 9.75. The molecule has 1 aliphatic heterocycles. The van der Waals surface area contributed by atoms with E-state index in [1.807, 2.05) is 19.9 Å². The molecule has 2 heterocycles. The van der Waals surface area contributed by atoms with Crippen LogP contribution in [-0.2, 0) is 21.4 Å². The molecule has 1 atom stereocenters. The summed E-state index contributed by atoms with van der Waals surface area (Å²) in [5, 5.41) is 7.40. The first-order valence-electron chi connectivity index (χ1n) is 11.5. The van der Waals surface area contributed by atoms with E-state index in [1.165, 1.54) is 31.4 Å². The van der Waals surface area contributed by atoms with E-state index in [-0.39, 0.29) is 17.1 Å². The lowest BCUT2D eigenvalue weighted by atomic mass is 9.84. The number of hydrogen-bond donors (Lipinski definition) is 1. The Hall–Kier alpha value is -2.21. The Morgan fingerprint density at radius 3 is 2.61 bits per heavy atom. The van der Waals surface area contributed by atoms with Crippen LogP contribution in [0.2, 0.25) is 0 Å². The van der Waals surface area contributed by atoms with E-state index in [4.69, 9.17) is 9.26 Å². The molecule has 1 saturated heterocycles. The topological polar surface area (TPSA) is 64.4 Å². The molecule has 0 radical (unpaired) electrons. The van der Waals surface area contributed by atoms with Crippen LogP contribution in [0.15, 0.2) is 34.9 Å². The molecule has 1 aromatic heterocycles. The fourth-order valence-corrected chi connectivity index (χ4v) is 4.85. The molecule has 168 valence electrons. The summed E-state index contributed by atoms with van der Waals surface area (Å²) in [5.74, 6) is 0.810. The van der Waals surface area contributed by atoms with Gasteiger partial charge in [-0.3, -0.25) is 4.79 Å². The van der Waals surface area contributed by atoms with Crippen molar-refractivity contribution in [2.24, 2.45) is 0 Å². The van der Waals surface area contributed by atoms with Gasteiger partial charge in [-0.2, -0.15) is 0 Å². The minimum absolute atomic E-state index is 0.115. The van der Waals surface area contributed by atoms with Gasteiger partial charge in [0.05, 0.1) is 5.69 Å². The first kappa shape index (κ1) is 22.0. The number of rotatable bonds is 7. The summed E-state index contributed by atoms with van der Waals surface area (Å²) in [6.07, 6.45) is 8.01. The molecule has 2 fully saturated rings. The molecule has 2 aromatic rings. The van der Waals surface area contributed by atoms with Crippen molar-refractivity contribution in [2.75, 3.05) is 13.2 Å². The Morgan fingerprint density at radius 1 is 1.19 bits per heavy atom. The van der Waals surface area contributed by atoms with E-state index in [0.717, 1.165) is 36.3 Å². The summed E-state index contributed by atoms with van der Waals surface area (Å²) in [6.45, 7) is 5.08. The second kappa shape index (κ2) is 9.11. The maximum Gasteiger partial charge on any atom is 0.252 e. The summed E-state index contributed by atoms with van der Waals surface area (Å²) in [4.78, 5) is 13.3. The van der Waals surface area contributed by atoms with Gasteiger partial charge in [0.25, 0.3) is 5.91 Å². The van der Waals surface area contributed by atoms with Crippen LogP contribution in [0.4, 0.5) is 4.39 Å². The molecular weight excluding hydrogens is 395 g/mol. The average Bonchev–Trinajstić information content (AvgIpc) is 3.44. The van der Waals surface area contributed by atoms with Gasteiger partial charge >= 0.3 is 0 Å². The van der Waals surface area contributed by atoms with E-state index in [0.29, 0.717) is 31.9 Å². The van der Waals surface area contributed by atoms with Gasteiger partial charge in [0.1, 0.15) is 11.6 Å². The predicted octanol–water partition coefficient (Wildman–Crippen LogP) is 5.05. The van der Waals surface area contributed by atoms with Crippen LogP contribution >= 0.6 is 0 Å². The molecule has 2 aliphatic rings. The Bertz CT molecular complexity index is 878. The van der Waals surface area contributed by atoms with Gasteiger partial charge in [-0.25, -0.2) is 4.39 Å². The van der Waals surface area contributed by atoms with Crippen LogP contribution in [-0.4, -0.2) is 29.8 Å². The molecule has 1 aromatic carbocycles. The number of nitrogens with zero attached hydrogens (tertiary/aromatic N) is 1. The first-order chi connectivity index (χ1) is 14.9. The molecule has 1 saturated carbocycles. The van der Waals surface area contributed by atoms with Gasteiger partial charge in [-0.05, 0) is 43.4 Å². The highest BCUT2D eigenvalue weighted by Gasteiger charge is 2.44. The van der Waals surface area contributed by atoms with Crippen molar-refractivity contribution < 1.29 is 18.4 Å². The third-order valence-corrected chi connectivity index (χ3v) is 6.89. The molecule has 0 bridgehead atoms. The van der Waals surface area contributed by atoms with Crippen molar-refractivity contribution in [3.8, 4) is 0 Å². The minimum Gasteiger partial charge on any atom is -0.365 e. The van der Waals surface area contributed by atoms with E-state index < -0.39 is 5.60 Å². The minimum atomic E-state index is -0.914. The van der Waals surface area contributed by atoms with E-state index >= 15 is 0 Å². The van der Waals surface area contributed by atoms with Crippen molar-refractivity contribution in [1.82, 2.24) is 10.5 Å². The molecular formula is C25H33FN2O3. The summed E-state index contributed by atoms with van der Waals surface area (Å²) in [6, 6.07) is 8.47. The smallest absolute Gasteiger partial charge is 0.252 e. The molecule has 1 N–H and O–H groups in total. The number of carbonyl (C=O) groups excluding carboxylic acids is 1. The molecule has 31 heavy (non-hydrogen) atoms. The zero-order valence-electron chi connectivity index (χ0n) is 18.6. The number of nitrogens with one attached hydrogen (secondary N) is 1. The van der Waals surface area contributed by atoms with Crippen molar-refractivity contribution >= 4 is 5.91 Å². The SMILES string of the molecule is CC(C)(CNC(=O)C1(Cc2cc(C3CCCCC3)no2)CCCO1)c1ccc(F)cc1. The summed E-state index contributed by atoms with van der Waals surface area (Å²) in [7, 11) is 0. The lowest BCUT2D eigenvalue weighted by Crippen LogP contribution is -2.50. The molecule has 4 rings (SSSR count). The second-order valence-electron chi connectivity index (χ2n) is 9.75. The van der Waals surface area contributed by atoms with Gasteiger partial charge in [0, 0.05) is 37.0 Å². The summed E-state index contributed by atoms with van der Waals surface area (Å²) >= 11 is 0. The van der Waals surface area contributed by atoms with Gasteiger partial charge in [0.2, 0.25) is 0 Å². The predicted molar refractivity (Wildman–Crippen MR) is 116 cm³/mol. The largest absolute Gasteiger partial charge is 0.365 e. The van der Waals surface area contributed by atoms with E-state index in [1.54, 1.807) is 12.1 Å². The van der Waals surface area contributed by atoms with Crippen LogP contribution in [0.1, 0.15) is 81.7 Å². The number of benzene rings is 1. The molecule has 1 amide bonds. The van der Waals surface area contributed by atoms with Crippen molar-refractivity contribution in [3.05, 3.63) is 53.2 Å². The lowest BCUT2D eigenvalue weighted by molar-refractivity contribution is -0.142. The zero-order chi connectivity index (χ0) is 21.9. The Labute approximate surface area is 183 Å². The maximum absolute atomic E-state index is 13.3. The van der Waals surface area contributed by atoms with E-state index in [9.17, 15) is 9.18 Å². The van der Waals surface area contributed by atoms with Crippen molar-refractivity contribution in [2.45, 2.75) is 82.1 Å². The molecule has 1 aliphatic carbocycles. The number of halogens is 1. The van der Waals surface area contributed by atoms with Gasteiger partial charge in [0.15, 0.2) is 5.60 Å².